The Labute approximate surface area is 90.5 Å². The van der Waals surface area contributed by atoms with Crippen molar-refractivity contribution in [2.24, 2.45) is 0 Å². The van der Waals surface area contributed by atoms with Crippen LogP contribution in [0, 0.1) is 0 Å². The van der Waals surface area contributed by atoms with Crippen molar-refractivity contribution >= 4 is 29.4 Å². The van der Waals surface area contributed by atoms with Gasteiger partial charge in [0.15, 0.2) is 0 Å². The summed E-state index contributed by atoms with van der Waals surface area (Å²) in [5.41, 5.74) is -0.0631. The molecule has 0 spiro atoms. The number of amides is 1. The lowest BCUT2D eigenvalue weighted by Gasteiger charge is -2.15. The van der Waals surface area contributed by atoms with Crippen LogP contribution in [0.5, 0.6) is 0 Å². The standard InChI is InChI=1S/C9H8ClNO4/c1-11(9(14)15)7-3-2-5(10)4-6(7)8(12)13/h2-4H,1H3,(H,12,13)(H,14,15). The first kappa shape index (κ1) is 11.3. The molecular weight excluding hydrogens is 222 g/mol. The second-order valence-electron chi connectivity index (χ2n) is 2.81. The summed E-state index contributed by atoms with van der Waals surface area (Å²) in [6.45, 7) is 0. The van der Waals surface area contributed by atoms with Crippen LogP contribution in [0.2, 0.25) is 5.02 Å². The molecule has 5 nitrogen and oxygen atoms in total. The minimum atomic E-state index is -1.24. The fourth-order valence-electron chi connectivity index (χ4n) is 1.08. The fraction of sp³-hybridized carbons (Fsp3) is 0.111. The van der Waals surface area contributed by atoms with Crippen molar-refractivity contribution in [2.75, 3.05) is 11.9 Å². The van der Waals surface area contributed by atoms with Crippen molar-refractivity contribution in [3.8, 4) is 0 Å². The van der Waals surface area contributed by atoms with Gasteiger partial charge in [0.2, 0.25) is 0 Å². The molecule has 2 N–H and O–H groups in total. The number of hydrogen-bond acceptors (Lipinski definition) is 2. The van der Waals surface area contributed by atoms with E-state index in [1.165, 1.54) is 25.2 Å². The Kier molecular flexibility index (Phi) is 3.16. The molecule has 0 aliphatic carbocycles. The Morgan fingerprint density at radius 2 is 1.93 bits per heavy atom. The van der Waals surface area contributed by atoms with Crippen LogP contribution >= 0.6 is 11.6 Å². The van der Waals surface area contributed by atoms with Gasteiger partial charge in [-0.3, -0.25) is 4.90 Å². The normalized spacial score (nSPS) is 9.73. The maximum Gasteiger partial charge on any atom is 0.411 e. The molecule has 1 amide bonds. The van der Waals surface area contributed by atoms with E-state index in [0.717, 1.165) is 4.90 Å². The average molecular weight is 230 g/mol. The van der Waals surface area contributed by atoms with Gasteiger partial charge in [0, 0.05) is 12.1 Å². The minimum Gasteiger partial charge on any atom is -0.478 e. The lowest BCUT2D eigenvalue weighted by atomic mass is 10.1. The van der Waals surface area contributed by atoms with Crippen molar-refractivity contribution in [3.63, 3.8) is 0 Å². The van der Waals surface area contributed by atoms with Crippen LogP contribution in [-0.2, 0) is 0 Å². The number of nitrogens with zero attached hydrogens (tertiary/aromatic N) is 1. The van der Waals surface area contributed by atoms with E-state index in [1.54, 1.807) is 0 Å². The first-order chi connectivity index (χ1) is 6.93. The number of hydrogen-bond donors (Lipinski definition) is 2. The van der Waals surface area contributed by atoms with Crippen molar-refractivity contribution in [3.05, 3.63) is 28.8 Å². The topological polar surface area (TPSA) is 77.8 Å². The number of carbonyl (C=O) groups is 2. The number of aromatic carboxylic acids is 1. The van der Waals surface area contributed by atoms with Crippen LogP contribution in [0.1, 0.15) is 10.4 Å². The highest BCUT2D eigenvalue weighted by molar-refractivity contribution is 6.31. The molecule has 0 fully saturated rings. The van der Waals surface area contributed by atoms with E-state index in [2.05, 4.69) is 0 Å². The van der Waals surface area contributed by atoms with E-state index < -0.39 is 12.1 Å². The van der Waals surface area contributed by atoms with Gasteiger partial charge < -0.3 is 10.2 Å². The lowest BCUT2D eigenvalue weighted by molar-refractivity contribution is 0.0697. The zero-order valence-electron chi connectivity index (χ0n) is 7.77. The summed E-state index contributed by atoms with van der Waals surface area (Å²) in [4.78, 5) is 22.3. The van der Waals surface area contributed by atoms with Crippen molar-refractivity contribution < 1.29 is 19.8 Å². The Hall–Kier alpha value is -1.75. The van der Waals surface area contributed by atoms with Crippen LogP contribution in [0.25, 0.3) is 0 Å². The van der Waals surface area contributed by atoms with E-state index in [1.807, 2.05) is 0 Å². The van der Waals surface area contributed by atoms with Crippen LogP contribution in [0.3, 0.4) is 0 Å². The Balaban J connectivity index is 3.28. The molecule has 1 aromatic rings. The molecule has 0 atom stereocenters. The van der Waals surface area contributed by atoms with Gasteiger partial charge >= 0.3 is 12.1 Å². The number of anilines is 1. The average Bonchev–Trinajstić information content (AvgIpc) is 2.16. The zero-order chi connectivity index (χ0) is 11.6. The van der Waals surface area contributed by atoms with E-state index in [-0.39, 0.29) is 16.3 Å². The summed E-state index contributed by atoms with van der Waals surface area (Å²) >= 11 is 5.62. The number of halogens is 1. The van der Waals surface area contributed by atoms with E-state index in [0.29, 0.717) is 0 Å². The summed E-state index contributed by atoms with van der Waals surface area (Å²) in [6, 6.07) is 3.99. The molecule has 0 radical (unpaired) electrons. The monoisotopic (exact) mass is 229 g/mol. The van der Waals surface area contributed by atoms with Crippen LogP contribution in [0.4, 0.5) is 10.5 Å². The highest BCUT2D eigenvalue weighted by atomic mass is 35.5. The van der Waals surface area contributed by atoms with Crippen molar-refractivity contribution in [1.82, 2.24) is 0 Å². The largest absolute Gasteiger partial charge is 0.478 e. The van der Waals surface area contributed by atoms with E-state index in [9.17, 15) is 9.59 Å². The lowest BCUT2D eigenvalue weighted by Crippen LogP contribution is -2.25. The third-order valence-electron chi connectivity index (χ3n) is 1.84. The van der Waals surface area contributed by atoms with Crippen molar-refractivity contribution in [2.45, 2.75) is 0 Å². The molecule has 0 unspecified atom stereocenters. The summed E-state index contributed by atoms with van der Waals surface area (Å²) in [5.74, 6) is -1.22. The number of carboxylic acid groups (broad SMARTS) is 2. The molecule has 0 aliphatic rings. The first-order valence-electron chi connectivity index (χ1n) is 3.93. The summed E-state index contributed by atoms with van der Waals surface area (Å²) in [5, 5.41) is 17.8. The number of rotatable bonds is 2. The number of benzene rings is 1. The van der Waals surface area contributed by atoms with Crippen LogP contribution in [-0.4, -0.2) is 29.3 Å². The fourth-order valence-corrected chi connectivity index (χ4v) is 1.25. The predicted molar refractivity (Wildman–Crippen MR) is 54.8 cm³/mol. The molecule has 1 aromatic carbocycles. The third kappa shape index (κ3) is 2.38. The summed E-state index contributed by atoms with van der Waals surface area (Å²) in [6.07, 6.45) is -1.24. The van der Waals surface area contributed by atoms with Gasteiger partial charge in [-0.25, -0.2) is 9.59 Å². The second-order valence-corrected chi connectivity index (χ2v) is 3.24. The molecule has 0 heterocycles. The number of carboxylic acids is 1. The van der Waals surface area contributed by atoms with Gasteiger partial charge in [0.05, 0.1) is 11.3 Å². The van der Waals surface area contributed by atoms with Crippen LogP contribution in [0.15, 0.2) is 18.2 Å². The summed E-state index contributed by atoms with van der Waals surface area (Å²) in [7, 11) is 1.26. The molecule has 0 aromatic heterocycles. The van der Waals surface area contributed by atoms with Gasteiger partial charge in [-0.2, -0.15) is 0 Å². The van der Waals surface area contributed by atoms with Gasteiger partial charge in [0.25, 0.3) is 0 Å². The highest BCUT2D eigenvalue weighted by Crippen LogP contribution is 2.23. The maximum atomic E-state index is 10.8. The Bertz CT molecular complexity index is 419. The molecule has 0 saturated carbocycles. The Morgan fingerprint density at radius 1 is 1.33 bits per heavy atom. The van der Waals surface area contributed by atoms with Gasteiger partial charge in [-0.15, -0.1) is 0 Å². The van der Waals surface area contributed by atoms with Crippen molar-refractivity contribution in [1.29, 1.82) is 0 Å². The highest BCUT2D eigenvalue weighted by Gasteiger charge is 2.17. The zero-order valence-corrected chi connectivity index (χ0v) is 8.52. The molecule has 0 saturated heterocycles. The smallest absolute Gasteiger partial charge is 0.411 e. The van der Waals surface area contributed by atoms with E-state index in [4.69, 9.17) is 21.8 Å². The SMILES string of the molecule is CN(C(=O)O)c1ccc(Cl)cc1C(=O)O. The molecule has 6 heteroatoms. The third-order valence-corrected chi connectivity index (χ3v) is 2.07. The molecule has 80 valence electrons. The second kappa shape index (κ2) is 4.18. The summed E-state index contributed by atoms with van der Waals surface area (Å²) < 4.78 is 0. The van der Waals surface area contributed by atoms with E-state index >= 15 is 0 Å². The molecular formula is C9H8ClNO4. The van der Waals surface area contributed by atoms with Crippen LogP contribution < -0.4 is 4.90 Å². The molecule has 0 bridgehead atoms. The first-order valence-corrected chi connectivity index (χ1v) is 4.30. The van der Waals surface area contributed by atoms with Gasteiger partial charge in [-0.05, 0) is 18.2 Å². The molecule has 15 heavy (non-hydrogen) atoms. The minimum absolute atomic E-state index is 0.0828. The maximum absolute atomic E-state index is 10.8. The molecule has 1 rings (SSSR count). The predicted octanol–water partition coefficient (Wildman–Crippen LogP) is 2.15. The quantitative estimate of drug-likeness (QED) is 0.815. The van der Waals surface area contributed by atoms with Gasteiger partial charge in [-0.1, -0.05) is 11.6 Å². The Morgan fingerprint density at radius 3 is 2.40 bits per heavy atom. The van der Waals surface area contributed by atoms with Gasteiger partial charge in [0.1, 0.15) is 0 Å². The molecule has 0 aliphatic heterocycles.